The highest BCUT2D eigenvalue weighted by molar-refractivity contribution is 7.87. The third kappa shape index (κ3) is 5.39. The number of carboxylic acid groups (broad SMARTS) is 1. The van der Waals surface area contributed by atoms with Crippen LogP contribution >= 0.6 is 0 Å². The van der Waals surface area contributed by atoms with Gasteiger partial charge in [0.05, 0.1) is 17.9 Å². The molecule has 3 aromatic rings. The Kier molecular flexibility index (Phi) is 5.89. The molecule has 0 radical (unpaired) electrons. The van der Waals surface area contributed by atoms with Crippen molar-refractivity contribution in [3.63, 3.8) is 0 Å². The Labute approximate surface area is 166 Å². The lowest BCUT2D eigenvalue weighted by molar-refractivity contribution is -0.255. The van der Waals surface area contributed by atoms with Gasteiger partial charge in [-0.3, -0.25) is 5.43 Å². The molecule has 148 valence electrons. The number of carbonyl (C=O) groups excluding carboxylic acids is 1. The molecule has 1 N–H and O–H groups in total. The number of nitrogens with zero attached hydrogens (tertiary/aromatic N) is 1. The second-order valence-electron chi connectivity index (χ2n) is 5.80. The minimum atomic E-state index is -4.06. The van der Waals surface area contributed by atoms with Gasteiger partial charge in [0.25, 0.3) is 0 Å². The molecule has 0 amide bonds. The van der Waals surface area contributed by atoms with Crippen molar-refractivity contribution in [1.82, 2.24) is 0 Å². The van der Waals surface area contributed by atoms with Gasteiger partial charge in [-0.05, 0) is 71.8 Å². The maximum Gasteiger partial charge on any atom is 0.339 e. The maximum atomic E-state index is 12.9. The van der Waals surface area contributed by atoms with E-state index in [1.807, 2.05) is 0 Å². The summed E-state index contributed by atoms with van der Waals surface area (Å²) in [7, 11) is -4.06. The van der Waals surface area contributed by atoms with Crippen LogP contribution in [-0.4, -0.2) is 20.6 Å². The molecule has 0 aromatic heterocycles. The number of benzene rings is 3. The first kappa shape index (κ1) is 20.0. The smallest absolute Gasteiger partial charge is 0.339 e. The normalized spacial score (nSPS) is 11.3. The van der Waals surface area contributed by atoms with E-state index in [1.54, 1.807) is 24.3 Å². The number of halogens is 1. The van der Waals surface area contributed by atoms with Crippen LogP contribution in [0.2, 0.25) is 0 Å². The van der Waals surface area contributed by atoms with E-state index in [0.29, 0.717) is 11.3 Å². The first-order chi connectivity index (χ1) is 13.8. The van der Waals surface area contributed by atoms with Crippen LogP contribution in [0.1, 0.15) is 15.9 Å². The summed E-state index contributed by atoms with van der Waals surface area (Å²) in [4.78, 5) is 10.5. The van der Waals surface area contributed by atoms with Crippen LogP contribution in [-0.2, 0) is 10.1 Å². The molecule has 3 aromatic carbocycles. The molecule has 0 atom stereocenters. The van der Waals surface area contributed by atoms with Crippen LogP contribution in [0.25, 0.3) is 0 Å². The Hall–Kier alpha value is -3.72. The van der Waals surface area contributed by atoms with Crippen LogP contribution < -0.4 is 14.7 Å². The highest BCUT2D eigenvalue weighted by Gasteiger charge is 2.16. The van der Waals surface area contributed by atoms with Crippen molar-refractivity contribution in [1.29, 1.82) is 0 Å². The molecule has 29 heavy (non-hydrogen) atoms. The van der Waals surface area contributed by atoms with Gasteiger partial charge in [0.15, 0.2) is 0 Å². The lowest BCUT2D eigenvalue weighted by Crippen LogP contribution is -2.21. The Bertz CT molecular complexity index is 1130. The average molecular weight is 413 g/mol. The topological polar surface area (TPSA) is 108 Å². The average Bonchev–Trinajstić information content (AvgIpc) is 2.70. The van der Waals surface area contributed by atoms with Crippen LogP contribution in [0.4, 0.5) is 10.1 Å². The van der Waals surface area contributed by atoms with Crippen LogP contribution in [0, 0.1) is 5.82 Å². The Morgan fingerprint density at radius 3 is 2.17 bits per heavy atom. The van der Waals surface area contributed by atoms with Crippen LogP contribution in [0.15, 0.2) is 82.8 Å². The fraction of sp³-hybridized carbons (Fsp3) is 0. The second kappa shape index (κ2) is 8.53. The van der Waals surface area contributed by atoms with Gasteiger partial charge in [0.1, 0.15) is 16.5 Å². The number of anilines is 1. The fourth-order valence-electron chi connectivity index (χ4n) is 2.25. The third-order valence-electron chi connectivity index (χ3n) is 3.72. The van der Waals surface area contributed by atoms with Crippen molar-refractivity contribution < 1.29 is 26.9 Å². The summed E-state index contributed by atoms with van der Waals surface area (Å²) in [5.74, 6) is -1.71. The van der Waals surface area contributed by atoms with E-state index >= 15 is 0 Å². The molecule has 7 nitrogen and oxygen atoms in total. The van der Waals surface area contributed by atoms with Crippen LogP contribution in [0.5, 0.6) is 5.75 Å². The summed E-state index contributed by atoms with van der Waals surface area (Å²) in [5.41, 5.74) is 4.04. The molecular weight excluding hydrogens is 399 g/mol. The Morgan fingerprint density at radius 2 is 1.59 bits per heavy atom. The van der Waals surface area contributed by atoms with E-state index in [9.17, 15) is 22.7 Å². The molecule has 3 rings (SSSR count). The minimum absolute atomic E-state index is 0.0608. The maximum absolute atomic E-state index is 12.9. The number of rotatable bonds is 7. The Balaban J connectivity index is 1.61. The minimum Gasteiger partial charge on any atom is -0.545 e. The molecule has 0 aliphatic carbocycles. The van der Waals surface area contributed by atoms with E-state index in [2.05, 4.69) is 10.5 Å². The van der Waals surface area contributed by atoms with Gasteiger partial charge >= 0.3 is 10.1 Å². The highest BCUT2D eigenvalue weighted by atomic mass is 32.2. The van der Waals surface area contributed by atoms with Crippen molar-refractivity contribution in [2.24, 2.45) is 5.10 Å². The number of hydrogen-bond donors (Lipinski definition) is 1. The summed E-state index contributed by atoms with van der Waals surface area (Å²) >= 11 is 0. The monoisotopic (exact) mass is 413 g/mol. The van der Waals surface area contributed by atoms with Gasteiger partial charge in [-0.1, -0.05) is 12.1 Å². The molecule has 0 saturated heterocycles. The standard InChI is InChI=1S/C20H15FN2O5S/c21-16-5-11-19(12-6-16)29(26,27)28-18-9-1-14(2-10-18)13-22-23-17-7-3-15(4-8-17)20(24)25/h1-13,23H,(H,24,25)/p-1/b22-13-. The predicted octanol–water partition coefficient (Wildman–Crippen LogP) is 2.40. The highest BCUT2D eigenvalue weighted by Crippen LogP contribution is 2.19. The zero-order valence-corrected chi connectivity index (χ0v) is 15.6. The zero-order chi connectivity index (χ0) is 20.9. The molecule has 0 fully saturated rings. The molecule has 9 heteroatoms. The van der Waals surface area contributed by atoms with Gasteiger partial charge in [-0.25, -0.2) is 4.39 Å². The number of carboxylic acids is 1. The number of hydrazone groups is 1. The summed E-state index contributed by atoms with van der Waals surface area (Å²) in [6.45, 7) is 0. The van der Waals surface area contributed by atoms with E-state index in [-0.39, 0.29) is 16.2 Å². The van der Waals surface area contributed by atoms with E-state index < -0.39 is 21.9 Å². The molecule has 0 bridgehead atoms. The molecule has 0 aliphatic heterocycles. The van der Waals surface area contributed by atoms with Gasteiger partial charge in [0, 0.05) is 0 Å². The SMILES string of the molecule is O=C([O-])c1ccc(N/N=C\c2ccc(OS(=O)(=O)c3ccc(F)cc3)cc2)cc1. The summed E-state index contributed by atoms with van der Waals surface area (Å²) in [6.07, 6.45) is 1.49. The number of nitrogens with one attached hydrogen (secondary N) is 1. The summed E-state index contributed by atoms with van der Waals surface area (Å²) < 4.78 is 42.3. The molecule has 0 spiro atoms. The molecular formula is C20H14FN2O5S-. The Morgan fingerprint density at radius 1 is 0.966 bits per heavy atom. The lowest BCUT2D eigenvalue weighted by atomic mass is 10.2. The number of carbonyl (C=O) groups is 1. The van der Waals surface area contributed by atoms with Crippen molar-refractivity contribution in [2.75, 3.05) is 5.43 Å². The van der Waals surface area contributed by atoms with Crippen molar-refractivity contribution in [3.8, 4) is 5.75 Å². The van der Waals surface area contributed by atoms with E-state index in [1.165, 1.54) is 30.5 Å². The lowest BCUT2D eigenvalue weighted by Gasteiger charge is -2.07. The first-order valence-electron chi connectivity index (χ1n) is 8.24. The number of hydrogen-bond acceptors (Lipinski definition) is 7. The summed E-state index contributed by atoms with van der Waals surface area (Å²) in [5, 5.41) is 14.7. The fourth-order valence-corrected chi connectivity index (χ4v) is 3.18. The molecule has 0 saturated carbocycles. The van der Waals surface area contributed by atoms with Crippen molar-refractivity contribution in [2.45, 2.75) is 4.90 Å². The summed E-state index contributed by atoms with van der Waals surface area (Å²) in [6, 6.07) is 16.3. The van der Waals surface area contributed by atoms with Crippen molar-refractivity contribution >= 4 is 28.0 Å². The molecule has 0 unspecified atom stereocenters. The largest absolute Gasteiger partial charge is 0.545 e. The zero-order valence-electron chi connectivity index (χ0n) is 14.8. The van der Waals surface area contributed by atoms with Crippen LogP contribution in [0.3, 0.4) is 0 Å². The second-order valence-corrected chi connectivity index (χ2v) is 7.34. The van der Waals surface area contributed by atoms with Gasteiger partial charge in [-0.15, -0.1) is 0 Å². The van der Waals surface area contributed by atoms with Gasteiger partial charge in [-0.2, -0.15) is 13.5 Å². The quantitative estimate of drug-likeness (QED) is 0.362. The third-order valence-corrected chi connectivity index (χ3v) is 4.98. The van der Waals surface area contributed by atoms with Crippen molar-refractivity contribution in [3.05, 3.63) is 89.7 Å². The number of aromatic carboxylic acids is 1. The molecule has 0 heterocycles. The van der Waals surface area contributed by atoms with Gasteiger partial charge < -0.3 is 14.1 Å². The van der Waals surface area contributed by atoms with E-state index in [0.717, 1.165) is 24.3 Å². The van der Waals surface area contributed by atoms with E-state index in [4.69, 9.17) is 4.18 Å². The van der Waals surface area contributed by atoms with Gasteiger partial charge in [0.2, 0.25) is 0 Å². The molecule has 0 aliphatic rings. The first-order valence-corrected chi connectivity index (χ1v) is 9.65. The predicted molar refractivity (Wildman–Crippen MR) is 103 cm³/mol.